The Bertz CT molecular complexity index is 1060. The average molecular weight is 468 g/mol. The van der Waals surface area contributed by atoms with Crippen LogP contribution in [0.15, 0.2) is 53.1 Å². The van der Waals surface area contributed by atoms with E-state index in [-0.39, 0.29) is 24.2 Å². The van der Waals surface area contributed by atoms with Crippen molar-refractivity contribution in [3.63, 3.8) is 0 Å². The van der Waals surface area contributed by atoms with Gasteiger partial charge < -0.3 is 19.3 Å². The van der Waals surface area contributed by atoms with Crippen molar-refractivity contribution in [2.45, 2.75) is 32.9 Å². The minimum absolute atomic E-state index is 0.0337. The Kier molecular flexibility index (Phi) is 7.92. The molecule has 1 aliphatic rings. The van der Waals surface area contributed by atoms with Crippen molar-refractivity contribution in [1.82, 2.24) is 15.4 Å². The molecule has 0 bridgehead atoms. The fourth-order valence-electron chi connectivity index (χ4n) is 4.06. The van der Waals surface area contributed by atoms with Gasteiger partial charge in [0.15, 0.2) is 0 Å². The van der Waals surface area contributed by atoms with Gasteiger partial charge in [0.2, 0.25) is 5.91 Å². The summed E-state index contributed by atoms with van der Waals surface area (Å²) in [4.78, 5) is 14.9. The summed E-state index contributed by atoms with van der Waals surface area (Å²) in [6.07, 6.45) is 0.267. The summed E-state index contributed by atoms with van der Waals surface area (Å²) >= 11 is 0. The number of amides is 1. The second-order valence-corrected chi connectivity index (χ2v) is 8.43. The van der Waals surface area contributed by atoms with E-state index in [4.69, 9.17) is 14.0 Å². The van der Waals surface area contributed by atoms with Crippen LogP contribution in [-0.4, -0.2) is 48.8 Å². The van der Waals surface area contributed by atoms with Crippen LogP contribution in [0.1, 0.15) is 34.2 Å². The minimum Gasteiger partial charge on any atom is -0.489 e. The summed E-state index contributed by atoms with van der Waals surface area (Å²) < 4.78 is 29.9. The normalized spacial score (nSPS) is 15.1. The van der Waals surface area contributed by atoms with Gasteiger partial charge in [-0.15, -0.1) is 0 Å². The summed E-state index contributed by atoms with van der Waals surface area (Å²) in [6, 6.07) is 13.9. The van der Waals surface area contributed by atoms with Gasteiger partial charge in [-0.25, -0.2) is 4.39 Å². The maximum Gasteiger partial charge on any atom is 0.224 e. The van der Waals surface area contributed by atoms with E-state index < -0.39 is 0 Å². The topological polar surface area (TPSA) is 76.8 Å². The predicted octanol–water partition coefficient (Wildman–Crippen LogP) is 3.74. The number of morpholine rings is 1. The SMILES string of the molecule is Cc1noc(C)c1COc1ccc(CC(=O)NCC(c2ccc(F)cc2)N2CCOCC2)cc1. The van der Waals surface area contributed by atoms with E-state index >= 15 is 0 Å². The Labute approximate surface area is 198 Å². The van der Waals surface area contributed by atoms with Gasteiger partial charge in [0, 0.05) is 19.6 Å². The zero-order chi connectivity index (χ0) is 23.9. The number of hydrogen-bond acceptors (Lipinski definition) is 6. The molecule has 0 aliphatic carbocycles. The number of nitrogens with one attached hydrogen (secondary N) is 1. The zero-order valence-electron chi connectivity index (χ0n) is 19.6. The fourth-order valence-corrected chi connectivity index (χ4v) is 4.06. The standard InChI is InChI=1S/C26H30FN3O4/c1-18-24(19(2)34-29-18)17-33-23-9-3-20(4-10-23)15-26(31)28-16-25(30-11-13-32-14-12-30)21-5-7-22(27)8-6-21/h3-10,25H,11-17H2,1-2H3,(H,28,31). The highest BCUT2D eigenvalue weighted by atomic mass is 19.1. The number of halogens is 1. The maximum absolute atomic E-state index is 13.4. The largest absolute Gasteiger partial charge is 0.489 e. The van der Waals surface area contributed by atoms with Crippen LogP contribution in [0.3, 0.4) is 0 Å². The van der Waals surface area contributed by atoms with E-state index in [1.807, 2.05) is 38.1 Å². The van der Waals surface area contributed by atoms with Gasteiger partial charge >= 0.3 is 0 Å². The first-order valence-electron chi connectivity index (χ1n) is 11.5. The van der Waals surface area contributed by atoms with Crippen LogP contribution >= 0.6 is 0 Å². The lowest BCUT2D eigenvalue weighted by atomic mass is 10.0. The Morgan fingerprint density at radius 3 is 2.47 bits per heavy atom. The number of benzene rings is 2. The predicted molar refractivity (Wildman–Crippen MR) is 125 cm³/mol. The number of aryl methyl sites for hydroxylation is 2. The molecule has 1 amide bonds. The molecule has 180 valence electrons. The molecular weight excluding hydrogens is 437 g/mol. The highest BCUT2D eigenvalue weighted by Crippen LogP contribution is 2.22. The first kappa shape index (κ1) is 23.9. The van der Waals surface area contributed by atoms with Crippen LogP contribution in [0.2, 0.25) is 0 Å². The number of ether oxygens (including phenoxy) is 2. The molecule has 1 aliphatic heterocycles. The van der Waals surface area contributed by atoms with Gasteiger partial charge in [0.25, 0.3) is 0 Å². The van der Waals surface area contributed by atoms with Gasteiger partial charge in [-0.3, -0.25) is 9.69 Å². The molecule has 34 heavy (non-hydrogen) atoms. The number of carbonyl (C=O) groups excluding carboxylic acids is 1. The van der Waals surface area contributed by atoms with E-state index in [9.17, 15) is 9.18 Å². The summed E-state index contributed by atoms with van der Waals surface area (Å²) in [5.74, 6) is 1.13. The van der Waals surface area contributed by atoms with Crippen LogP contribution in [-0.2, 0) is 22.6 Å². The van der Waals surface area contributed by atoms with E-state index in [1.54, 1.807) is 12.1 Å². The van der Waals surface area contributed by atoms with Crippen LogP contribution in [0.5, 0.6) is 5.75 Å². The smallest absolute Gasteiger partial charge is 0.224 e. The number of aromatic nitrogens is 1. The summed E-state index contributed by atoms with van der Waals surface area (Å²) in [6.45, 7) is 7.42. The number of rotatable bonds is 9. The van der Waals surface area contributed by atoms with Crippen molar-refractivity contribution in [3.05, 3.63) is 82.5 Å². The molecule has 1 saturated heterocycles. The average Bonchev–Trinajstić information content (AvgIpc) is 3.17. The molecule has 2 heterocycles. The second-order valence-electron chi connectivity index (χ2n) is 8.43. The molecule has 3 aromatic rings. The van der Waals surface area contributed by atoms with Gasteiger partial charge in [-0.2, -0.15) is 0 Å². The van der Waals surface area contributed by atoms with Crippen molar-refractivity contribution >= 4 is 5.91 Å². The van der Waals surface area contributed by atoms with Crippen molar-refractivity contribution in [2.24, 2.45) is 0 Å². The number of nitrogens with zero attached hydrogens (tertiary/aromatic N) is 2. The number of carbonyl (C=O) groups is 1. The van der Waals surface area contributed by atoms with Crippen molar-refractivity contribution in [3.8, 4) is 5.75 Å². The third kappa shape index (κ3) is 6.21. The Hall–Kier alpha value is -3.23. The molecule has 0 saturated carbocycles. The highest BCUT2D eigenvalue weighted by Gasteiger charge is 2.23. The molecule has 4 rings (SSSR count). The molecule has 7 nitrogen and oxygen atoms in total. The summed E-state index contributed by atoms with van der Waals surface area (Å²) in [7, 11) is 0. The van der Waals surface area contributed by atoms with Crippen LogP contribution in [0.4, 0.5) is 4.39 Å². The van der Waals surface area contributed by atoms with Gasteiger partial charge in [0.05, 0.1) is 36.9 Å². The van der Waals surface area contributed by atoms with E-state index in [2.05, 4.69) is 15.4 Å². The quantitative estimate of drug-likeness (QED) is 0.517. The van der Waals surface area contributed by atoms with Crippen LogP contribution in [0, 0.1) is 19.7 Å². The van der Waals surface area contributed by atoms with E-state index in [0.717, 1.165) is 41.2 Å². The number of hydrogen-bond donors (Lipinski definition) is 1. The molecule has 2 aromatic carbocycles. The van der Waals surface area contributed by atoms with Crippen LogP contribution in [0.25, 0.3) is 0 Å². The zero-order valence-corrected chi connectivity index (χ0v) is 19.6. The van der Waals surface area contributed by atoms with Gasteiger partial charge in [-0.1, -0.05) is 29.4 Å². The van der Waals surface area contributed by atoms with Gasteiger partial charge in [-0.05, 0) is 49.2 Å². The highest BCUT2D eigenvalue weighted by molar-refractivity contribution is 5.78. The minimum atomic E-state index is -0.271. The molecule has 1 atom stereocenters. The van der Waals surface area contributed by atoms with Crippen molar-refractivity contribution in [1.29, 1.82) is 0 Å². The second kappa shape index (κ2) is 11.3. The first-order valence-corrected chi connectivity index (χ1v) is 11.5. The van der Waals surface area contributed by atoms with Crippen LogP contribution < -0.4 is 10.1 Å². The fraction of sp³-hybridized carbons (Fsp3) is 0.385. The Balaban J connectivity index is 1.31. The summed E-state index contributed by atoms with van der Waals surface area (Å²) in [5, 5.41) is 6.98. The molecule has 1 aromatic heterocycles. The van der Waals surface area contributed by atoms with E-state index in [1.165, 1.54) is 12.1 Å². The third-order valence-electron chi connectivity index (χ3n) is 6.09. The Morgan fingerprint density at radius 2 is 1.82 bits per heavy atom. The Morgan fingerprint density at radius 1 is 1.12 bits per heavy atom. The molecular formula is C26H30FN3O4. The monoisotopic (exact) mass is 467 g/mol. The summed E-state index contributed by atoms with van der Waals surface area (Å²) in [5.41, 5.74) is 3.64. The molecule has 1 fully saturated rings. The maximum atomic E-state index is 13.4. The molecule has 1 N–H and O–H groups in total. The lowest BCUT2D eigenvalue weighted by molar-refractivity contribution is -0.120. The van der Waals surface area contributed by atoms with Gasteiger partial charge in [0.1, 0.15) is 23.9 Å². The lowest BCUT2D eigenvalue weighted by Gasteiger charge is -2.35. The molecule has 8 heteroatoms. The molecule has 0 spiro atoms. The van der Waals surface area contributed by atoms with Crippen molar-refractivity contribution < 1.29 is 23.2 Å². The molecule has 0 radical (unpaired) electrons. The molecule has 1 unspecified atom stereocenters. The first-order chi connectivity index (χ1) is 16.5. The van der Waals surface area contributed by atoms with Crippen molar-refractivity contribution in [2.75, 3.05) is 32.8 Å². The third-order valence-corrected chi connectivity index (χ3v) is 6.09. The van der Waals surface area contributed by atoms with E-state index in [0.29, 0.717) is 32.1 Å². The lowest BCUT2D eigenvalue weighted by Crippen LogP contribution is -2.44.